The van der Waals surface area contributed by atoms with Crippen LogP contribution >= 0.6 is 0 Å². The summed E-state index contributed by atoms with van der Waals surface area (Å²) >= 11 is 0. The lowest BCUT2D eigenvalue weighted by Gasteiger charge is -2.07. The third-order valence-corrected chi connectivity index (χ3v) is 3.61. The van der Waals surface area contributed by atoms with Crippen LogP contribution in [0.2, 0.25) is 0 Å². The zero-order chi connectivity index (χ0) is 17.1. The maximum Gasteiger partial charge on any atom is 0.328 e. The molecule has 3 heterocycles. The first kappa shape index (κ1) is 15.8. The van der Waals surface area contributed by atoms with Crippen LogP contribution in [0, 0.1) is 0 Å². The van der Waals surface area contributed by atoms with Gasteiger partial charge >= 0.3 is 5.69 Å². The molecule has 0 saturated carbocycles. The van der Waals surface area contributed by atoms with E-state index in [2.05, 4.69) is 32.2 Å². The van der Waals surface area contributed by atoms with Crippen LogP contribution in [0.5, 0.6) is 5.88 Å². The minimum absolute atomic E-state index is 0.0704. The van der Waals surface area contributed by atoms with E-state index >= 15 is 0 Å². The number of aromatic amines is 1. The number of nitrogen functional groups attached to an aromatic ring is 1. The monoisotopic (exact) mass is 329 g/mol. The highest BCUT2D eigenvalue weighted by molar-refractivity contribution is 5.82. The standard InChI is InChI=1S/C15H19N7O2/c1-2-3-6-17-14-20-12(16)11-13(21-14)22(15(24)19-11)8-9-4-5-10(23)18-7-9/h4-5,7H,2-3,6,8H2,1H3,(H,18,23)(H,19,24)(H3,16,17,20,21). The van der Waals surface area contributed by atoms with E-state index < -0.39 is 0 Å². The maximum absolute atomic E-state index is 12.2. The van der Waals surface area contributed by atoms with Crippen LogP contribution in [0.15, 0.2) is 23.1 Å². The molecule has 9 nitrogen and oxygen atoms in total. The Labute approximate surface area is 137 Å². The van der Waals surface area contributed by atoms with Crippen LogP contribution in [-0.2, 0) is 6.54 Å². The number of fused-ring (bicyclic) bond motifs is 1. The van der Waals surface area contributed by atoms with Crippen molar-refractivity contribution >= 4 is 22.9 Å². The van der Waals surface area contributed by atoms with Crippen molar-refractivity contribution < 1.29 is 5.11 Å². The molecule has 0 radical (unpaired) electrons. The number of H-pyrrole nitrogens is 1. The molecule has 0 saturated heterocycles. The summed E-state index contributed by atoms with van der Waals surface area (Å²) in [6.07, 6.45) is 3.54. The normalized spacial score (nSPS) is 11.0. The molecule has 0 aliphatic rings. The topological polar surface area (TPSA) is 135 Å². The van der Waals surface area contributed by atoms with Gasteiger partial charge in [0.1, 0.15) is 5.52 Å². The Morgan fingerprint density at radius 2 is 2.21 bits per heavy atom. The first-order chi connectivity index (χ1) is 11.6. The van der Waals surface area contributed by atoms with Gasteiger partial charge in [0, 0.05) is 18.8 Å². The number of nitrogens with one attached hydrogen (secondary N) is 2. The number of aromatic hydroxyl groups is 1. The van der Waals surface area contributed by atoms with Crippen molar-refractivity contribution in [2.75, 3.05) is 17.6 Å². The lowest BCUT2D eigenvalue weighted by atomic mass is 10.3. The molecule has 5 N–H and O–H groups in total. The van der Waals surface area contributed by atoms with Gasteiger partial charge in [-0.3, -0.25) is 4.57 Å². The molecule has 0 aliphatic carbocycles. The van der Waals surface area contributed by atoms with Gasteiger partial charge < -0.3 is 21.1 Å². The Morgan fingerprint density at radius 1 is 1.38 bits per heavy atom. The molecule has 0 aromatic carbocycles. The van der Waals surface area contributed by atoms with E-state index in [0.29, 0.717) is 17.1 Å². The van der Waals surface area contributed by atoms with E-state index in [1.54, 1.807) is 6.07 Å². The number of hydrogen-bond donors (Lipinski definition) is 4. The maximum atomic E-state index is 12.2. The summed E-state index contributed by atoms with van der Waals surface area (Å²) < 4.78 is 1.46. The number of aromatic nitrogens is 5. The molecule has 0 bridgehead atoms. The fraction of sp³-hybridized carbons (Fsp3) is 0.333. The summed E-state index contributed by atoms with van der Waals surface area (Å²) in [4.78, 5) is 27.3. The Hall–Kier alpha value is -3.10. The van der Waals surface area contributed by atoms with Gasteiger partial charge in [-0.1, -0.05) is 19.4 Å². The fourth-order valence-corrected chi connectivity index (χ4v) is 2.35. The van der Waals surface area contributed by atoms with Gasteiger partial charge in [0.25, 0.3) is 0 Å². The molecule has 9 heteroatoms. The Morgan fingerprint density at radius 3 is 2.92 bits per heavy atom. The average Bonchev–Trinajstić information content (AvgIpc) is 2.87. The molecule has 0 aliphatic heterocycles. The van der Waals surface area contributed by atoms with E-state index in [9.17, 15) is 9.90 Å². The average molecular weight is 329 g/mol. The third kappa shape index (κ3) is 3.14. The molecule has 0 atom stereocenters. The number of imidazole rings is 1. The van der Waals surface area contributed by atoms with Crippen molar-refractivity contribution in [1.82, 2.24) is 24.5 Å². The molecular weight excluding hydrogens is 310 g/mol. The second kappa shape index (κ2) is 6.57. The quantitative estimate of drug-likeness (QED) is 0.497. The van der Waals surface area contributed by atoms with Crippen molar-refractivity contribution in [1.29, 1.82) is 0 Å². The largest absolute Gasteiger partial charge is 0.493 e. The van der Waals surface area contributed by atoms with Crippen LogP contribution in [0.25, 0.3) is 11.2 Å². The fourth-order valence-electron chi connectivity index (χ4n) is 2.35. The van der Waals surface area contributed by atoms with Crippen LogP contribution in [-0.4, -0.2) is 36.2 Å². The molecule has 0 amide bonds. The SMILES string of the molecule is CCCCNc1nc(N)c2[nH]c(=O)n(Cc3ccc(O)nc3)c2n1. The van der Waals surface area contributed by atoms with E-state index in [-0.39, 0.29) is 23.9 Å². The number of nitrogens with zero attached hydrogens (tertiary/aromatic N) is 4. The van der Waals surface area contributed by atoms with E-state index in [4.69, 9.17) is 5.73 Å². The van der Waals surface area contributed by atoms with Crippen LogP contribution < -0.4 is 16.7 Å². The Kier molecular flexibility index (Phi) is 4.32. The molecule has 3 aromatic heterocycles. The molecule has 3 aromatic rings. The van der Waals surface area contributed by atoms with Crippen molar-refractivity contribution in [2.24, 2.45) is 0 Å². The van der Waals surface area contributed by atoms with Gasteiger partial charge in [0.15, 0.2) is 11.5 Å². The molecule has 126 valence electrons. The van der Waals surface area contributed by atoms with Gasteiger partial charge in [-0.05, 0) is 12.0 Å². The van der Waals surface area contributed by atoms with Gasteiger partial charge in [-0.15, -0.1) is 0 Å². The molecule has 0 spiro atoms. The molecule has 3 rings (SSSR count). The molecule has 0 unspecified atom stereocenters. The first-order valence-corrected chi connectivity index (χ1v) is 7.72. The number of anilines is 2. The number of nitrogens with two attached hydrogens (primary N) is 1. The van der Waals surface area contributed by atoms with Gasteiger partial charge in [-0.2, -0.15) is 9.97 Å². The molecule has 24 heavy (non-hydrogen) atoms. The predicted molar refractivity (Wildman–Crippen MR) is 91.0 cm³/mol. The lowest BCUT2D eigenvalue weighted by molar-refractivity contribution is 0.453. The summed E-state index contributed by atoms with van der Waals surface area (Å²) in [7, 11) is 0. The second-order valence-electron chi connectivity index (χ2n) is 5.45. The van der Waals surface area contributed by atoms with Gasteiger partial charge in [-0.25, -0.2) is 9.78 Å². The van der Waals surface area contributed by atoms with Crippen LogP contribution in [0.1, 0.15) is 25.3 Å². The first-order valence-electron chi connectivity index (χ1n) is 7.72. The summed E-state index contributed by atoms with van der Waals surface area (Å²) in [5, 5.41) is 12.4. The van der Waals surface area contributed by atoms with Crippen molar-refractivity contribution in [2.45, 2.75) is 26.3 Å². The number of pyridine rings is 1. The Balaban J connectivity index is 1.98. The lowest BCUT2D eigenvalue weighted by Crippen LogP contribution is -2.18. The van der Waals surface area contributed by atoms with Crippen molar-refractivity contribution in [3.63, 3.8) is 0 Å². The van der Waals surface area contributed by atoms with Crippen LogP contribution in [0.3, 0.4) is 0 Å². The van der Waals surface area contributed by atoms with Gasteiger partial charge in [0.2, 0.25) is 11.8 Å². The molecular formula is C15H19N7O2. The molecule has 0 fully saturated rings. The highest BCUT2D eigenvalue weighted by Gasteiger charge is 2.14. The van der Waals surface area contributed by atoms with E-state index in [0.717, 1.165) is 24.9 Å². The predicted octanol–water partition coefficient (Wildman–Crippen LogP) is 1.06. The minimum Gasteiger partial charge on any atom is -0.493 e. The highest BCUT2D eigenvalue weighted by atomic mass is 16.3. The number of unbranched alkanes of at least 4 members (excludes halogenated alkanes) is 1. The smallest absolute Gasteiger partial charge is 0.328 e. The van der Waals surface area contributed by atoms with Crippen LogP contribution in [0.4, 0.5) is 11.8 Å². The zero-order valence-electron chi connectivity index (χ0n) is 13.3. The summed E-state index contributed by atoms with van der Waals surface area (Å²) in [6, 6.07) is 3.16. The van der Waals surface area contributed by atoms with E-state index in [1.807, 2.05) is 0 Å². The summed E-state index contributed by atoms with van der Waals surface area (Å²) in [5.41, 5.74) is 7.21. The van der Waals surface area contributed by atoms with Crippen molar-refractivity contribution in [3.8, 4) is 5.88 Å². The van der Waals surface area contributed by atoms with Gasteiger partial charge in [0.05, 0.1) is 6.54 Å². The zero-order valence-corrected chi connectivity index (χ0v) is 13.3. The second-order valence-corrected chi connectivity index (χ2v) is 5.45. The highest BCUT2D eigenvalue weighted by Crippen LogP contribution is 2.17. The van der Waals surface area contributed by atoms with E-state index in [1.165, 1.54) is 16.8 Å². The third-order valence-electron chi connectivity index (χ3n) is 3.61. The number of rotatable bonds is 6. The summed E-state index contributed by atoms with van der Waals surface area (Å²) in [6.45, 7) is 3.09. The minimum atomic E-state index is -0.329. The van der Waals surface area contributed by atoms with Crippen molar-refractivity contribution in [3.05, 3.63) is 34.4 Å². The Bertz CT molecular complexity index is 899. The summed E-state index contributed by atoms with van der Waals surface area (Å²) in [5.74, 6) is 0.544. The number of hydrogen-bond acceptors (Lipinski definition) is 7.